The number of nitrogens with one attached hydrogen (secondary N) is 1. The van der Waals surface area contributed by atoms with Gasteiger partial charge in [0.25, 0.3) is 0 Å². The van der Waals surface area contributed by atoms with Crippen LogP contribution < -0.4 is 5.32 Å². The molecule has 1 saturated carbocycles. The van der Waals surface area contributed by atoms with Crippen LogP contribution in [0.1, 0.15) is 43.2 Å². The minimum atomic E-state index is 0.781. The third-order valence-electron chi connectivity index (χ3n) is 4.45. The molecule has 0 heterocycles. The van der Waals surface area contributed by atoms with Crippen LogP contribution in [0.4, 0.5) is 0 Å². The summed E-state index contributed by atoms with van der Waals surface area (Å²) < 4.78 is 0. The molecule has 16 heavy (non-hydrogen) atoms. The molecule has 3 unspecified atom stereocenters. The lowest BCUT2D eigenvalue weighted by molar-refractivity contribution is 0.401. The molecule has 0 aromatic heterocycles. The van der Waals surface area contributed by atoms with Gasteiger partial charge in [-0.2, -0.15) is 0 Å². The minimum absolute atomic E-state index is 0.781. The highest BCUT2D eigenvalue weighted by Gasteiger charge is 2.28. The lowest BCUT2D eigenvalue weighted by Crippen LogP contribution is -2.37. The van der Waals surface area contributed by atoms with Gasteiger partial charge in [-0.15, -0.1) is 0 Å². The van der Waals surface area contributed by atoms with Crippen LogP contribution in [0, 0.1) is 5.92 Å². The standard InChI is InChI=1S/C15H21N/c1-11-5-4-8-15(11)16-10-13-9-12-6-2-3-7-14(12)13/h2-3,6-7,11,13,15-16H,4-5,8-10H2,1H3. The zero-order chi connectivity index (χ0) is 11.0. The first-order valence-electron chi connectivity index (χ1n) is 6.66. The van der Waals surface area contributed by atoms with Crippen molar-refractivity contribution in [3.05, 3.63) is 35.4 Å². The monoisotopic (exact) mass is 215 g/mol. The Morgan fingerprint density at radius 1 is 1.25 bits per heavy atom. The van der Waals surface area contributed by atoms with E-state index in [1.807, 2.05) is 0 Å². The number of hydrogen-bond donors (Lipinski definition) is 1. The molecule has 0 spiro atoms. The summed E-state index contributed by atoms with van der Waals surface area (Å²) in [5.74, 6) is 1.67. The second kappa shape index (κ2) is 4.21. The Morgan fingerprint density at radius 3 is 2.88 bits per heavy atom. The van der Waals surface area contributed by atoms with Gasteiger partial charge < -0.3 is 5.32 Å². The van der Waals surface area contributed by atoms with Crippen LogP contribution in [0.2, 0.25) is 0 Å². The van der Waals surface area contributed by atoms with Crippen molar-refractivity contribution in [2.45, 2.75) is 44.6 Å². The molecule has 1 fully saturated rings. The summed E-state index contributed by atoms with van der Waals surface area (Å²) >= 11 is 0. The van der Waals surface area contributed by atoms with Crippen LogP contribution in [0.5, 0.6) is 0 Å². The summed E-state index contributed by atoms with van der Waals surface area (Å²) in [6.45, 7) is 3.57. The van der Waals surface area contributed by atoms with Crippen molar-refractivity contribution in [1.82, 2.24) is 5.32 Å². The van der Waals surface area contributed by atoms with E-state index in [9.17, 15) is 0 Å². The molecular weight excluding hydrogens is 194 g/mol. The van der Waals surface area contributed by atoms with E-state index in [1.54, 1.807) is 11.1 Å². The number of benzene rings is 1. The lowest BCUT2D eigenvalue weighted by Gasteiger charge is -2.32. The average molecular weight is 215 g/mol. The molecule has 3 atom stereocenters. The van der Waals surface area contributed by atoms with Crippen LogP contribution in [0.15, 0.2) is 24.3 Å². The molecule has 86 valence electrons. The second-order valence-corrected chi connectivity index (χ2v) is 5.52. The van der Waals surface area contributed by atoms with Crippen molar-refractivity contribution in [1.29, 1.82) is 0 Å². The second-order valence-electron chi connectivity index (χ2n) is 5.52. The Balaban J connectivity index is 1.55. The fourth-order valence-corrected chi connectivity index (χ4v) is 3.29. The van der Waals surface area contributed by atoms with E-state index in [1.165, 1.54) is 32.2 Å². The molecule has 1 aromatic rings. The van der Waals surface area contributed by atoms with Crippen molar-refractivity contribution in [3.63, 3.8) is 0 Å². The van der Waals surface area contributed by atoms with Crippen LogP contribution >= 0.6 is 0 Å². The highest BCUT2D eigenvalue weighted by molar-refractivity contribution is 5.40. The molecule has 0 amide bonds. The summed E-state index contributed by atoms with van der Waals surface area (Å²) in [7, 11) is 0. The van der Waals surface area contributed by atoms with Gasteiger partial charge in [-0.05, 0) is 36.3 Å². The molecule has 1 N–H and O–H groups in total. The smallest absolute Gasteiger partial charge is 0.00929 e. The van der Waals surface area contributed by atoms with Crippen molar-refractivity contribution in [2.24, 2.45) is 5.92 Å². The molecule has 1 heteroatoms. The zero-order valence-corrected chi connectivity index (χ0v) is 10.1. The van der Waals surface area contributed by atoms with Crippen molar-refractivity contribution in [2.75, 3.05) is 6.54 Å². The number of rotatable bonds is 3. The first-order chi connectivity index (χ1) is 7.84. The zero-order valence-electron chi connectivity index (χ0n) is 10.1. The Kier molecular flexibility index (Phi) is 2.72. The van der Waals surface area contributed by atoms with E-state index in [2.05, 4.69) is 36.5 Å². The van der Waals surface area contributed by atoms with Crippen LogP contribution in [0.3, 0.4) is 0 Å². The summed E-state index contributed by atoms with van der Waals surface area (Å²) in [5.41, 5.74) is 3.15. The highest BCUT2D eigenvalue weighted by atomic mass is 14.9. The molecule has 2 aliphatic carbocycles. The molecule has 0 bridgehead atoms. The largest absolute Gasteiger partial charge is 0.313 e. The molecule has 2 aliphatic rings. The van der Waals surface area contributed by atoms with E-state index < -0.39 is 0 Å². The quantitative estimate of drug-likeness (QED) is 0.817. The topological polar surface area (TPSA) is 12.0 Å². The molecule has 1 aromatic carbocycles. The van der Waals surface area contributed by atoms with Gasteiger partial charge in [-0.3, -0.25) is 0 Å². The van der Waals surface area contributed by atoms with Crippen molar-refractivity contribution >= 4 is 0 Å². The maximum Gasteiger partial charge on any atom is 0.00929 e. The van der Waals surface area contributed by atoms with E-state index in [-0.39, 0.29) is 0 Å². The maximum atomic E-state index is 3.77. The van der Waals surface area contributed by atoms with E-state index in [0.29, 0.717) is 0 Å². The third kappa shape index (κ3) is 1.78. The Labute approximate surface area is 98.3 Å². The SMILES string of the molecule is CC1CCCC1NCC1Cc2ccccc21. The Bertz CT molecular complexity index is 371. The Morgan fingerprint density at radius 2 is 2.12 bits per heavy atom. The average Bonchev–Trinajstić information content (AvgIpc) is 2.66. The predicted octanol–water partition coefficient (Wildman–Crippen LogP) is 3.10. The van der Waals surface area contributed by atoms with Gasteiger partial charge in [0.15, 0.2) is 0 Å². The Hall–Kier alpha value is -0.820. The van der Waals surface area contributed by atoms with E-state index >= 15 is 0 Å². The van der Waals surface area contributed by atoms with E-state index in [4.69, 9.17) is 0 Å². The lowest BCUT2D eigenvalue weighted by atomic mass is 9.77. The summed E-state index contributed by atoms with van der Waals surface area (Å²) in [6.07, 6.45) is 5.50. The fraction of sp³-hybridized carbons (Fsp3) is 0.600. The van der Waals surface area contributed by atoms with Gasteiger partial charge in [0.1, 0.15) is 0 Å². The highest BCUT2D eigenvalue weighted by Crippen LogP contribution is 2.34. The number of hydrogen-bond acceptors (Lipinski definition) is 1. The number of fused-ring (bicyclic) bond motifs is 1. The van der Waals surface area contributed by atoms with Crippen LogP contribution in [0.25, 0.3) is 0 Å². The van der Waals surface area contributed by atoms with Crippen LogP contribution in [-0.2, 0) is 6.42 Å². The first kappa shape index (κ1) is 10.3. The summed E-state index contributed by atoms with van der Waals surface area (Å²) in [4.78, 5) is 0. The first-order valence-corrected chi connectivity index (χ1v) is 6.66. The molecule has 0 aliphatic heterocycles. The van der Waals surface area contributed by atoms with Gasteiger partial charge >= 0.3 is 0 Å². The van der Waals surface area contributed by atoms with Crippen molar-refractivity contribution < 1.29 is 0 Å². The van der Waals surface area contributed by atoms with Crippen molar-refractivity contribution in [3.8, 4) is 0 Å². The molecule has 3 rings (SSSR count). The van der Waals surface area contributed by atoms with Gasteiger partial charge in [0.05, 0.1) is 0 Å². The van der Waals surface area contributed by atoms with Gasteiger partial charge in [-0.25, -0.2) is 0 Å². The molecule has 0 saturated heterocycles. The molecule has 1 nitrogen and oxygen atoms in total. The normalized spacial score (nSPS) is 32.2. The van der Waals surface area contributed by atoms with Crippen LogP contribution in [-0.4, -0.2) is 12.6 Å². The molecular formula is C15H21N. The fourth-order valence-electron chi connectivity index (χ4n) is 3.29. The maximum absolute atomic E-state index is 3.77. The van der Waals surface area contributed by atoms with Gasteiger partial charge in [-0.1, -0.05) is 37.6 Å². The molecule has 0 radical (unpaired) electrons. The third-order valence-corrected chi connectivity index (χ3v) is 4.45. The minimum Gasteiger partial charge on any atom is -0.313 e. The van der Waals surface area contributed by atoms with Gasteiger partial charge in [0, 0.05) is 18.5 Å². The summed E-state index contributed by atoms with van der Waals surface area (Å²) in [5, 5.41) is 3.77. The van der Waals surface area contributed by atoms with Gasteiger partial charge in [0.2, 0.25) is 0 Å². The van der Waals surface area contributed by atoms with E-state index in [0.717, 1.165) is 17.9 Å². The predicted molar refractivity (Wildman–Crippen MR) is 67.7 cm³/mol. The summed E-state index contributed by atoms with van der Waals surface area (Å²) in [6, 6.07) is 9.67.